The lowest BCUT2D eigenvalue weighted by atomic mass is 9.87. The lowest BCUT2D eigenvalue weighted by Crippen LogP contribution is -2.38. The molecule has 1 aliphatic rings. The Labute approximate surface area is 119 Å². The van der Waals surface area contributed by atoms with Gasteiger partial charge in [-0.3, -0.25) is 4.79 Å². The summed E-state index contributed by atoms with van der Waals surface area (Å²) in [5.74, 6) is 0.770. The lowest BCUT2D eigenvalue weighted by molar-refractivity contribution is -0.115. The van der Waals surface area contributed by atoms with Crippen LogP contribution in [-0.4, -0.2) is 18.5 Å². The first-order valence-electron chi connectivity index (χ1n) is 6.92. The van der Waals surface area contributed by atoms with Gasteiger partial charge in [0.05, 0.1) is 6.54 Å². The molecule has 0 bridgehead atoms. The molecule has 2 rings (SSSR count). The van der Waals surface area contributed by atoms with E-state index in [1.807, 2.05) is 12.1 Å². The van der Waals surface area contributed by atoms with E-state index < -0.39 is 0 Å². The molecule has 2 N–H and O–H groups in total. The molecule has 1 aromatic rings. The van der Waals surface area contributed by atoms with E-state index in [-0.39, 0.29) is 5.91 Å². The largest absolute Gasteiger partial charge is 0.325 e. The first kappa shape index (κ1) is 14.4. The molecular formula is C15H21ClN2O. The minimum atomic E-state index is 0.000508. The van der Waals surface area contributed by atoms with E-state index in [2.05, 4.69) is 17.6 Å². The van der Waals surface area contributed by atoms with Gasteiger partial charge in [-0.05, 0) is 43.0 Å². The van der Waals surface area contributed by atoms with Crippen molar-refractivity contribution < 1.29 is 4.79 Å². The van der Waals surface area contributed by atoms with Crippen molar-refractivity contribution in [2.24, 2.45) is 5.92 Å². The van der Waals surface area contributed by atoms with Gasteiger partial charge in [0.25, 0.3) is 0 Å². The van der Waals surface area contributed by atoms with Gasteiger partial charge in [-0.1, -0.05) is 31.4 Å². The van der Waals surface area contributed by atoms with Crippen molar-refractivity contribution in [1.82, 2.24) is 5.32 Å². The second-order valence-electron chi connectivity index (χ2n) is 5.40. The summed E-state index contributed by atoms with van der Waals surface area (Å²) in [5, 5.41) is 6.88. The number of hydrogen-bond acceptors (Lipinski definition) is 2. The summed E-state index contributed by atoms with van der Waals surface area (Å²) in [6.07, 6.45) is 4.93. The Morgan fingerprint density at radius 1 is 1.32 bits per heavy atom. The van der Waals surface area contributed by atoms with Gasteiger partial charge in [0, 0.05) is 16.8 Å². The maximum Gasteiger partial charge on any atom is 0.238 e. The van der Waals surface area contributed by atoms with E-state index in [9.17, 15) is 4.79 Å². The predicted molar refractivity (Wildman–Crippen MR) is 79.5 cm³/mol. The van der Waals surface area contributed by atoms with Gasteiger partial charge in [-0.25, -0.2) is 0 Å². The topological polar surface area (TPSA) is 41.1 Å². The maximum atomic E-state index is 11.8. The van der Waals surface area contributed by atoms with Crippen LogP contribution in [0, 0.1) is 5.92 Å². The van der Waals surface area contributed by atoms with Crippen molar-refractivity contribution in [3.8, 4) is 0 Å². The molecule has 0 aliphatic heterocycles. The minimum Gasteiger partial charge on any atom is -0.325 e. The van der Waals surface area contributed by atoms with E-state index in [1.165, 1.54) is 25.7 Å². The van der Waals surface area contributed by atoms with Gasteiger partial charge in [-0.2, -0.15) is 0 Å². The fourth-order valence-corrected chi connectivity index (χ4v) is 2.72. The maximum absolute atomic E-state index is 11.8. The van der Waals surface area contributed by atoms with Crippen LogP contribution in [0.2, 0.25) is 5.02 Å². The molecule has 0 spiro atoms. The van der Waals surface area contributed by atoms with Gasteiger partial charge in [0.2, 0.25) is 5.91 Å². The highest BCUT2D eigenvalue weighted by Gasteiger charge is 2.18. The molecule has 1 saturated carbocycles. The Hall–Kier alpha value is -1.06. The molecule has 4 heteroatoms. The van der Waals surface area contributed by atoms with Crippen molar-refractivity contribution in [1.29, 1.82) is 0 Å². The summed E-state index contributed by atoms with van der Waals surface area (Å²) in [6, 6.07) is 7.65. The predicted octanol–water partition coefficient (Wildman–Crippen LogP) is 3.45. The fourth-order valence-electron chi connectivity index (χ4n) is 2.59. The first-order chi connectivity index (χ1) is 9.13. The summed E-state index contributed by atoms with van der Waals surface area (Å²) >= 11 is 5.80. The second kappa shape index (κ2) is 6.92. The number of rotatable bonds is 4. The van der Waals surface area contributed by atoms with Crippen molar-refractivity contribution in [3.63, 3.8) is 0 Å². The third-order valence-corrected chi connectivity index (χ3v) is 3.87. The molecular weight excluding hydrogens is 260 g/mol. The molecule has 1 aliphatic carbocycles. The first-order valence-corrected chi connectivity index (χ1v) is 7.30. The third kappa shape index (κ3) is 4.84. The number of anilines is 1. The van der Waals surface area contributed by atoms with Gasteiger partial charge in [0.15, 0.2) is 0 Å². The highest BCUT2D eigenvalue weighted by Crippen LogP contribution is 2.23. The van der Waals surface area contributed by atoms with Gasteiger partial charge < -0.3 is 10.6 Å². The second-order valence-corrected chi connectivity index (χ2v) is 5.84. The molecule has 1 aromatic carbocycles. The summed E-state index contributed by atoms with van der Waals surface area (Å²) < 4.78 is 0. The fraction of sp³-hybridized carbons (Fsp3) is 0.533. The van der Waals surface area contributed by atoms with Crippen molar-refractivity contribution >= 4 is 23.2 Å². The molecule has 0 heterocycles. The van der Waals surface area contributed by atoms with Gasteiger partial charge in [0.1, 0.15) is 0 Å². The molecule has 1 amide bonds. The highest BCUT2D eigenvalue weighted by molar-refractivity contribution is 6.30. The zero-order chi connectivity index (χ0) is 13.7. The van der Waals surface area contributed by atoms with Crippen molar-refractivity contribution in [3.05, 3.63) is 29.3 Å². The standard InChI is InChI=1S/C15H21ClN2O/c1-11-3-2-4-14(9-11)17-10-15(19)18-13-7-5-12(16)6-8-13/h5-8,11,14,17H,2-4,9-10H2,1H3,(H,18,19)/t11-,14-/m0/s1. The average Bonchev–Trinajstić information content (AvgIpc) is 2.39. The quantitative estimate of drug-likeness (QED) is 0.887. The van der Waals surface area contributed by atoms with Crippen LogP contribution in [0.15, 0.2) is 24.3 Å². The van der Waals surface area contributed by atoms with Crippen molar-refractivity contribution in [2.75, 3.05) is 11.9 Å². The Morgan fingerprint density at radius 3 is 2.74 bits per heavy atom. The Bertz CT molecular complexity index is 419. The SMILES string of the molecule is C[C@H]1CCC[C@H](NCC(=O)Nc2ccc(Cl)cc2)C1. The number of hydrogen-bond donors (Lipinski definition) is 2. The summed E-state index contributed by atoms with van der Waals surface area (Å²) in [5.41, 5.74) is 0.785. The van der Waals surface area contributed by atoms with E-state index in [4.69, 9.17) is 11.6 Å². The van der Waals surface area contributed by atoms with Crippen molar-refractivity contribution in [2.45, 2.75) is 38.6 Å². The molecule has 1 fully saturated rings. The molecule has 104 valence electrons. The van der Waals surface area contributed by atoms with Crippen LogP contribution in [0.5, 0.6) is 0 Å². The molecule has 0 saturated heterocycles. The van der Waals surface area contributed by atoms with Crippen LogP contribution < -0.4 is 10.6 Å². The molecule has 2 atom stereocenters. The summed E-state index contributed by atoms with van der Waals surface area (Å²) in [4.78, 5) is 11.8. The zero-order valence-corrected chi connectivity index (χ0v) is 12.0. The van der Waals surface area contributed by atoms with Crippen LogP contribution in [0.3, 0.4) is 0 Å². The number of amides is 1. The van der Waals surface area contributed by atoms with E-state index >= 15 is 0 Å². The smallest absolute Gasteiger partial charge is 0.238 e. The Kier molecular flexibility index (Phi) is 5.23. The van der Waals surface area contributed by atoms with E-state index in [0.29, 0.717) is 17.6 Å². The van der Waals surface area contributed by atoms with Crippen LogP contribution in [0.1, 0.15) is 32.6 Å². The highest BCUT2D eigenvalue weighted by atomic mass is 35.5. The Morgan fingerprint density at radius 2 is 2.05 bits per heavy atom. The number of carbonyl (C=O) groups excluding carboxylic acids is 1. The summed E-state index contributed by atoms with van der Waals surface area (Å²) in [7, 11) is 0. The van der Waals surface area contributed by atoms with Gasteiger partial charge >= 0.3 is 0 Å². The van der Waals surface area contributed by atoms with Crippen LogP contribution in [0.25, 0.3) is 0 Å². The monoisotopic (exact) mass is 280 g/mol. The van der Waals surface area contributed by atoms with Gasteiger partial charge in [-0.15, -0.1) is 0 Å². The number of nitrogens with one attached hydrogen (secondary N) is 2. The van der Waals surface area contributed by atoms with E-state index in [0.717, 1.165) is 11.6 Å². The molecule has 3 nitrogen and oxygen atoms in total. The normalized spacial score (nSPS) is 23.1. The lowest BCUT2D eigenvalue weighted by Gasteiger charge is -2.27. The average molecular weight is 281 g/mol. The molecule has 0 aromatic heterocycles. The zero-order valence-electron chi connectivity index (χ0n) is 11.3. The summed E-state index contributed by atoms with van der Waals surface area (Å²) in [6.45, 7) is 2.65. The molecule has 19 heavy (non-hydrogen) atoms. The minimum absolute atomic E-state index is 0.000508. The third-order valence-electron chi connectivity index (χ3n) is 3.62. The molecule has 0 unspecified atom stereocenters. The van der Waals surface area contributed by atoms with Crippen LogP contribution in [0.4, 0.5) is 5.69 Å². The molecule has 0 radical (unpaired) electrons. The number of benzene rings is 1. The van der Waals surface area contributed by atoms with Crippen LogP contribution >= 0.6 is 11.6 Å². The van der Waals surface area contributed by atoms with Crippen LogP contribution in [-0.2, 0) is 4.79 Å². The number of carbonyl (C=O) groups is 1. The number of halogens is 1. The Balaban J connectivity index is 1.73. The van der Waals surface area contributed by atoms with E-state index in [1.54, 1.807) is 12.1 Å².